The first-order valence-electron chi connectivity index (χ1n) is 8.41. The van der Waals surface area contributed by atoms with Gasteiger partial charge in [-0.1, -0.05) is 26.0 Å². The van der Waals surface area contributed by atoms with Crippen LogP contribution in [0.4, 0.5) is 11.4 Å². The van der Waals surface area contributed by atoms with Crippen LogP contribution in [0.15, 0.2) is 48.5 Å². The maximum absolute atomic E-state index is 12.2. The Labute approximate surface area is 153 Å². The zero-order valence-electron chi connectivity index (χ0n) is 15.1. The Morgan fingerprint density at radius 1 is 0.846 bits per heavy atom. The molecule has 0 unspecified atom stereocenters. The Kier molecular flexibility index (Phi) is 6.49. The molecule has 0 aliphatic carbocycles. The fourth-order valence-electron chi connectivity index (χ4n) is 2.19. The molecule has 0 saturated heterocycles. The largest absolute Gasteiger partial charge is 0.348 e. The number of hydrogen-bond acceptors (Lipinski definition) is 3. The second-order valence-corrected chi connectivity index (χ2v) is 6.28. The van der Waals surface area contributed by atoms with E-state index in [-0.39, 0.29) is 23.6 Å². The molecule has 6 nitrogen and oxygen atoms in total. The predicted molar refractivity (Wildman–Crippen MR) is 102 cm³/mol. The molecule has 0 atom stereocenters. The Morgan fingerprint density at radius 2 is 1.38 bits per heavy atom. The van der Waals surface area contributed by atoms with E-state index in [1.165, 1.54) is 6.92 Å². The molecule has 0 bridgehead atoms. The van der Waals surface area contributed by atoms with Crippen molar-refractivity contribution in [1.29, 1.82) is 0 Å². The lowest BCUT2D eigenvalue weighted by Crippen LogP contribution is -2.22. The quantitative estimate of drug-likeness (QED) is 0.745. The lowest BCUT2D eigenvalue weighted by molar-refractivity contribution is -0.119. The van der Waals surface area contributed by atoms with Gasteiger partial charge in [-0.15, -0.1) is 0 Å². The van der Waals surface area contributed by atoms with Crippen molar-refractivity contribution in [2.75, 3.05) is 10.6 Å². The molecule has 2 rings (SSSR count). The first-order valence-corrected chi connectivity index (χ1v) is 8.41. The Morgan fingerprint density at radius 3 is 1.92 bits per heavy atom. The summed E-state index contributed by atoms with van der Waals surface area (Å²) >= 11 is 0. The molecule has 3 N–H and O–H groups in total. The fraction of sp³-hybridized carbons (Fsp3) is 0.250. The molecule has 26 heavy (non-hydrogen) atoms. The number of nitrogens with one attached hydrogen (secondary N) is 3. The highest BCUT2D eigenvalue weighted by Crippen LogP contribution is 2.12. The first-order chi connectivity index (χ1) is 12.3. The van der Waals surface area contributed by atoms with Gasteiger partial charge in [0.25, 0.3) is 5.91 Å². The standard InChI is InChI=1S/C20H23N3O3/c1-13(2)19(25)23-18-8-4-15(5-9-18)12-21-20(26)16-6-10-17(11-7-16)22-14(3)24/h4-11,13H,12H2,1-3H3,(H,21,26)(H,22,24)(H,23,25). The molecular formula is C20H23N3O3. The lowest BCUT2D eigenvalue weighted by Gasteiger charge is -2.09. The molecular weight excluding hydrogens is 330 g/mol. The van der Waals surface area contributed by atoms with Crippen molar-refractivity contribution in [3.05, 3.63) is 59.7 Å². The van der Waals surface area contributed by atoms with Crippen molar-refractivity contribution in [1.82, 2.24) is 5.32 Å². The van der Waals surface area contributed by atoms with E-state index in [1.54, 1.807) is 24.3 Å². The van der Waals surface area contributed by atoms with Gasteiger partial charge in [0.15, 0.2) is 0 Å². The van der Waals surface area contributed by atoms with Gasteiger partial charge < -0.3 is 16.0 Å². The predicted octanol–water partition coefficient (Wildman–Crippen LogP) is 3.17. The van der Waals surface area contributed by atoms with Crippen LogP contribution >= 0.6 is 0 Å². The minimum absolute atomic E-state index is 0.0336. The Hall–Kier alpha value is -3.15. The Bertz CT molecular complexity index is 781. The number of rotatable bonds is 6. The zero-order chi connectivity index (χ0) is 19.1. The van der Waals surface area contributed by atoms with E-state index >= 15 is 0 Å². The van der Waals surface area contributed by atoms with E-state index in [4.69, 9.17) is 0 Å². The minimum Gasteiger partial charge on any atom is -0.348 e. The maximum Gasteiger partial charge on any atom is 0.251 e. The van der Waals surface area contributed by atoms with Crippen LogP contribution in [-0.2, 0) is 16.1 Å². The number of carbonyl (C=O) groups excluding carboxylic acids is 3. The van der Waals surface area contributed by atoms with Gasteiger partial charge in [-0.05, 0) is 42.0 Å². The average Bonchev–Trinajstić information content (AvgIpc) is 2.61. The maximum atomic E-state index is 12.2. The topological polar surface area (TPSA) is 87.3 Å². The van der Waals surface area contributed by atoms with Crippen LogP contribution in [0.3, 0.4) is 0 Å². The molecule has 0 heterocycles. The van der Waals surface area contributed by atoms with Crippen LogP contribution in [-0.4, -0.2) is 17.7 Å². The molecule has 3 amide bonds. The van der Waals surface area contributed by atoms with Gasteiger partial charge in [-0.2, -0.15) is 0 Å². The molecule has 0 saturated carbocycles. The minimum atomic E-state index is -0.198. The third-order valence-corrected chi connectivity index (χ3v) is 3.67. The average molecular weight is 353 g/mol. The second-order valence-electron chi connectivity index (χ2n) is 6.28. The third-order valence-electron chi connectivity index (χ3n) is 3.67. The molecule has 0 spiro atoms. The summed E-state index contributed by atoms with van der Waals surface area (Å²) in [7, 11) is 0. The van der Waals surface area contributed by atoms with E-state index in [1.807, 2.05) is 38.1 Å². The summed E-state index contributed by atoms with van der Waals surface area (Å²) in [6, 6.07) is 14.0. The van der Waals surface area contributed by atoms with E-state index < -0.39 is 0 Å². The number of hydrogen-bond donors (Lipinski definition) is 3. The van der Waals surface area contributed by atoms with Crippen LogP contribution in [0.5, 0.6) is 0 Å². The molecule has 0 aliphatic rings. The number of anilines is 2. The summed E-state index contributed by atoms with van der Waals surface area (Å²) in [6.45, 7) is 5.48. The molecule has 0 radical (unpaired) electrons. The van der Waals surface area contributed by atoms with E-state index in [2.05, 4.69) is 16.0 Å². The highest BCUT2D eigenvalue weighted by atomic mass is 16.2. The second kappa shape index (κ2) is 8.80. The monoisotopic (exact) mass is 353 g/mol. The van der Waals surface area contributed by atoms with Crippen molar-refractivity contribution in [3.8, 4) is 0 Å². The van der Waals surface area contributed by atoms with Crippen LogP contribution in [0.2, 0.25) is 0 Å². The molecule has 6 heteroatoms. The molecule has 136 valence electrons. The summed E-state index contributed by atoms with van der Waals surface area (Å²) in [5, 5.41) is 8.32. The van der Waals surface area contributed by atoms with Gasteiger partial charge >= 0.3 is 0 Å². The third kappa shape index (κ3) is 5.73. The normalized spacial score (nSPS) is 10.3. The SMILES string of the molecule is CC(=O)Nc1ccc(C(=O)NCc2ccc(NC(=O)C(C)C)cc2)cc1. The molecule has 2 aromatic carbocycles. The fourth-order valence-corrected chi connectivity index (χ4v) is 2.19. The highest BCUT2D eigenvalue weighted by molar-refractivity contribution is 5.95. The smallest absolute Gasteiger partial charge is 0.251 e. The molecule has 0 fully saturated rings. The van der Waals surface area contributed by atoms with Gasteiger partial charge in [0.2, 0.25) is 11.8 Å². The van der Waals surface area contributed by atoms with Crippen LogP contribution in [0.1, 0.15) is 36.7 Å². The molecule has 0 aromatic heterocycles. The lowest BCUT2D eigenvalue weighted by atomic mass is 10.1. The van der Waals surface area contributed by atoms with Gasteiger partial charge in [0.05, 0.1) is 0 Å². The van der Waals surface area contributed by atoms with Crippen LogP contribution in [0, 0.1) is 5.92 Å². The summed E-state index contributed by atoms with van der Waals surface area (Å²) < 4.78 is 0. The van der Waals surface area contributed by atoms with E-state index in [0.29, 0.717) is 17.8 Å². The Balaban J connectivity index is 1.88. The van der Waals surface area contributed by atoms with Crippen LogP contribution < -0.4 is 16.0 Å². The van der Waals surface area contributed by atoms with Crippen molar-refractivity contribution >= 4 is 29.1 Å². The summed E-state index contributed by atoms with van der Waals surface area (Å²) in [4.78, 5) is 34.8. The van der Waals surface area contributed by atoms with Crippen molar-refractivity contribution in [3.63, 3.8) is 0 Å². The summed E-state index contributed by atoms with van der Waals surface area (Å²) in [6.07, 6.45) is 0. The number of amides is 3. The highest BCUT2D eigenvalue weighted by Gasteiger charge is 2.08. The van der Waals surface area contributed by atoms with Gasteiger partial charge in [-0.25, -0.2) is 0 Å². The van der Waals surface area contributed by atoms with Crippen molar-refractivity contribution in [2.24, 2.45) is 5.92 Å². The van der Waals surface area contributed by atoms with Crippen molar-refractivity contribution < 1.29 is 14.4 Å². The summed E-state index contributed by atoms with van der Waals surface area (Å²) in [5.41, 5.74) is 2.82. The van der Waals surface area contributed by atoms with E-state index in [9.17, 15) is 14.4 Å². The zero-order valence-corrected chi connectivity index (χ0v) is 15.1. The first kappa shape index (κ1) is 19.2. The van der Waals surface area contributed by atoms with Gasteiger partial charge in [-0.3, -0.25) is 14.4 Å². The summed E-state index contributed by atoms with van der Waals surface area (Å²) in [5.74, 6) is -0.466. The van der Waals surface area contributed by atoms with Gasteiger partial charge in [0, 0.05) is 36.3 Å². The molecule has 2 aromatic rings. The van der Waals surface area contributed by atoms with Gasteiger partial charge in [0.1, 0.15) is 0 Å². The molecule has 0 aliphatic heterocycles. The number of benzene rings is 2. The number of carbonyl (C=O) groups is 3. The van der Waals surface area contributed by atoms with E-state index in [0.717, 1.165) is 11.3 Å². The van der Waals surface area contributed by atoms with Crippen LogP contribution in [0.25, 0.3) is 0 Å². The van der Waals surface area contributed by atoms with Crippen molar-refractivity contribution in [2.45, 2.75) is 27.3 Å².